The normalized spacial score (nSPS) is 18.1. The zero-order chi connectivity index (χ0) is 10.8. The van der Waals surface area contributed by atoms with Crippen molar-refractivity contribution >= 4 is 11.6 Å². The van der Waals surface area contributed by atoms with E-state index in [-0.39, 0.29) is 0 Å². The summed E-state index contributed by atoms with van der Waals surface area (Å²) in [5.74, 6) is 0.827. The first-order valence-electron chi connectivity index (χ1n) is 5.68. The van der Waals surface area contributed by atoms with Gasteiger partial charge in [0.05, 0.1) is 0 Å². The minimum absolute atomic E-state index is 0.516. The second kappa shape index (κ2) is 4.54. The van der Waals surface area contributed by atoms with E-state index in [2.05, 4.69) is 31.3 Å². The molecule has 1 atom stereocenters. The van der Waals surface area contributed by atoms with Gasteiger partial charge in [-0.1, -0.05) is 37.6 Å². The van der Waals surface area contributed by atoms with Crippen molar-refractivity contribution in [2.24, 2.45) is 5.92 Å². The van der Waals surface area contributed by atoms with Gasteiger partial charge in [-0.15, -0.1) is 0 Å². The van der Waals surface area contributed by atoms with Gasteiger partial charge in [0.15, 0.2) is 0 Å². The van der Waals surface area contributed by atoms with Crippen LogP contribution in [0.4, 0.5) is 0 Å². The van der Waals surface area contributed by atoms with Crippen molar-refractivity contribution < 1.29 is 0 Å². The van der Waals surface area contributed by atoms with Crippen molar-refractivity contribution in [1.29, 1.82) is 0 Å². The molecule has 1 N–H and O–H groups in total. The maximum absolute atomic E-state index is 5.90. The predicted octanol–water partition coefficient (Wildman–Crippen LogP) is 3.79. The van der Waals surface area contributed by atoms with Crippen LogP contribution in [-0.4, -0.2) is 6.04 Å². The second-order valence-corrected chi connectivity index (χ2v) is 5.12. The fourth-order valence-electron chi connectivity index (χ4n) is 1.96. The van der Waals surface area contributed by atoms with E-state index in [1.54, 1.807) is 0 Å². The SMILES string of the molecule is CC(C)NC(c1ccc(Cl)cc1)C1CC1. The Bertz CT molecular complexity index is 314. The van der Waals surface area contributed by atoms with Gasteiger partial charge in [0.25, 0.3) is 0 Å². The van der Waals surface area contributed by atoms with E-state index in [9.17, 15) is 0 Å². The largest absolute Gasteiger partial charge is 0.307 e. The molecule has 1 fully saturated rings. The Morgan fingerprint density at radius 2 is 1.80 bits per heavy atom. The van der Waals surface area contributed by atoms with Crippen molar-refractivity contribution in [3.8, 4) is 0 Å². The van der Waals surface area contributed by atoms with Gasteiger partial charge in [0.1, 0.15) is 0 Å². The van der Waals surface area contributed by atoms with E-state index in [1.165, 1.54) is 18.4 Å². The summed E-state index contributed by atoms with van der Waals surface area (Å²) in [6, 6.07) is 9.29. The van der Waals surface area contributed by atoms with Crippen molar-refractivity contribution in [2.45, 2.75) is 38.8 Å². The Morgan fingerprint density at radius 3 is 2.27 bits per heavy atom. The molecule has 2 heteroatoms. The first-order valence-corrected chi connectivity index (χ1v) is 6.06. The predicted molar refractivity (Wildman–Crippen MR) is 65.2 cm³/mol. The van der Waals surface area contributed by atoms with E-state index in [4.69, 9.17) is 11.6 Å². The Morgan fingerprint density at radius 1 is 1.20 bits per heavy atom. The quantitative estimate of drug-likeness (QED) is 0.819. The van der Waals surface area contributed by atoms with Crippen LogP contribution in [0, 0.1) is 5.92 Å². The molecule has 82 valence electrons. The van der Waals surface area contributed by atoms with Crippen LogP contribution < -0.4 is 5.32 Å². The average Bonchev–Trinajstić information content (AvgIpc) is 2.99. The van der Waals surface area contributed by atoms with Gasteiger partial charge in [-0.2, -0.15) is 0 Å². The minimum Gasteiger partial charge on any atom is -0.307 e. The summed E-state index contributed by atoms with van der Waals surface area (Å²) in [6.45, 7) is 4.40. The molecule has 0 radical (unpaired) electrons. The number of rotatable bonds is 4. The number of benzene rings is 1. The molecule has 1 saturated carbocycles. The molecular formula is C13H18ClN. The van der Waals surface area contributed by atoms with Gasteiger partial charge in [-0.25, -0.2) is 0 Å². The average molecular weight is 224 g/mol. The topological polar surface area (TPSA) is 12.0 Å². The van der Waals surface area contributed by atoms with E-state index in [0.29, 0.717) is 12.1 Å². The van der Waals surface area contributed by atoms with Crippen LogP contribution in [0.5, 0.6) is 0 Å². The molecule has 0 aromatic heterocycles. The first-order chi connectivity index (χ1) is 7.16. The molecule has 15 heavy (non-hydrogen) atoms. The smallest absolute Gasteiger partial charge is 0.0406 e. The van der Waals surface area contributed by atoms with Crippen LogP contribution in [0.2, 0.25) is 5.02 Å². The van der Waals surface area contributed by atoms with Crippen LogP contribution in [-0.2, 0) is 0 Å². The molecule has 0 amide bonds. The lowest BCUT2D eigenvalue weighted by atomic mass is 10.0. The van der Waals surface area contributed by atoms with Crippen LogP contribution in [0.15, 0.2) is 24.3 Å². The van der Waals surface area contributed by atoms with Gasteiger partial charge < -0.3 is 5.32 Å². The summed E-state index contributed by atoms with van der Waals surface area (Å²) in [5, 5.41) is 4.45. The van der Waals surface area contributed by atoms with Crippen molar-refractivity contribution in [3.63, 3.8) is 0 Å². The summed E-state index contributed by atoms with van der Waals surface area (Å²) in [7, 11) is 0. The van der Waals surface area contributed by atoms with Crippen LogP contribution in [0.25, 0.3) is 0 Å². The van der Waals surface area contributed by atoms with Gasteiger partial charge in [-0.3, -0.25) is 0 Å². The summed E-state index contributed by atoms with van der Waals surface area (Å²) in [5.41, 5.74) is 1.37. The number of halogens is 1. The molecule has 1 aromatic carbocycles. The molecule has 0 aliphatic heterocycles. The molecule has 1 aromatic rings. The van der Waals surface area contributed by atoms with E-state index >= 15 is 0 Å². The van der Waals surface area contributed by atoms with Gasteiger partial charge in [0.2, 0.25) is 0 Å². The van der Waals surface area contributed by atoms with Crippen LogP contribution in [0.3, 0.4) is 0 Å². The standard InChI is InChI=1S/C13H18ClN/c1-9(2)15-13(10-3-4-10)11-5-7-12(14)8-6-11/h5-10,13,15H,3-4H2,1-2H3. The number of hydrogen-bond donors (Lipinski definition) is 1. The van der Waals surface area contributed by atoms with Crippen molar-refractivity contribution in [2.75, 3.05) is 0 Å². The highest BCUT2D eigenvalue weighted by molar-refractivity contribution is 6.30. The number of hydrogen-bond acceptors (Lipinski definition) is 1. The second-order valence-electron chi connectivity index (χ2n) is 4.69. The zero-order valence-corrected chi connectivity index (χ0v) is 10.1. The summed E-state index contributed by atoms with van der Waals surface area (Å²) < 4.78 is 0. The molecular weight excluding hydrogens is 206 g/mol. The highest BCUT2D eigenvalue weighted by atomic mass is 35.5. The molecule has 0 heterocycles. The fraction of sp³-hybridized carbons (Fsp3) is 0.538. The first kappa shape index (κ1) is 11.0. The van der Waals surface area contributed by atoms with E-state index in [1.807, 2.05) is 12.1 Å². The van der Waals surface area contributed by atoms with Gasteiger partial charge >= 0.3 is 0 Å². The lowest BCUT2D eigenvalue weighted by Crippen LogP contribution is -2.29. The zero-order valence-electron chi connectivity index (χ0n) is 9.33. The fourth-order valence-corrected chi connectivity index (χ4v) is 2.09. The Hall–Kier alpha value is -0.530. The lowest BCUT2D eigenvalue weighted by Gasteiger charge is -2.21. The molecule has 1 unspecified atom stereocenters. The summed E-state index contributed by atoms with van der Waals surface area (Å²) in [4.78, 5) is 0. The Balaban J connectivity index is 2.13. The lowest BCUT2D eigenvalue weighted by molar-refractivity contribution is 0.436. The van der Waals surface area contributed by atoms with E-state index < -0.39 is 0 Å². The molecule has 0 spiro atoms. The van der Waals surface area contributed by atoms with Crippen LogP contribution >= 0.6 is 11.6 Å². The van der Waals surface area contributed by atoms with E-state index in [0.717, 1.165) is 10.9 Å². The van der Waals surface area contributed by atoms with Crippen molar-refractivity contribution in [1.82, 2.24) is 5.32 Å². The van der Waals surface area contributed by atoms with Crippen molar-refractivity contribution in [3.05, 3.63) is 34.9 Å². The molecule has 1 aliphatic carbocycles. The molecule has 0 bridgehead atoms. The summed E-state index contributed by atoms with van der Waals surface area (Å²) >= 11 is 5.90. The minimum atomic E-state index is 0.516. The van der Waals surface area contributed by atoms with Crippen LogP contribution in [0.1, 0.15) is 38.3 Å². The molecule has 1 aliphatic rings. The molecule has 0 saturated heterocycles. The Kier molecular flexibility index (Phi) is 3.32. The Labute approximate surface area is 96.8 Å². The third-order valence-corrected chi connectivity index (χ3v) is 3.09. The third-order valence-electron chi connectivity index (χ3n) is 2.84. The molecule has 1 nitrogen and oxygen atoms in total. The van der Waals surface area contributed by atoms with Gasteiger partial charge in [0, 0.05) is 17.1 Å². The maximum atomic E-state index is 5.90. The molecule has 2 rings (SSSR count). The highest BCUT2D eigenvalue weighted by Crippen LogP contribution is 2.41. The third kappa shape index (κ3) is 2.96. The maximum Gasteiger partial charge on any atom is 0.0406 e. The highest BCUT2D eigenvalue weighted by Gasteiger charge is 2.32. The van der Waals surface area contributed by atoms with Gasteiger partial charge in [-0.05, 0) is 36.5 Å². The monoisotopic (exact) mass is 223 g/mol. The summed E-state index contributed by atoms with van der Waals surface area (Å²) in [6.07, 6.45) is 2.71. The number of nitrogens with one attached hydrogen (secondary N) is 1.